The topological polar surface area (TPSA) is 27.7 Å². The van der Waals surface area contributed by atoms with Gasteiger partial charge in [-0.25, -0.2) is 8.78 Å². The number of piperazine rings is 1. The van der Waals surface area contributed by atoms with Crippen LogP contribution in [0.25, 0.3) is 0 Å². The van der Waals surface area contributed by atoms with Crippen molar-refractivity contribution in [2.24, 2.45) is 0 Å². The molecule has 122 valence electrons. The molecule has 1 aromatic carbocycles. The van der Waals surface area contributed by atoms with Crippen LogP contribution < -0.4 is 10.2 Å². The summed E-state index contributed by atoms with van der Waals surface area (Å²) >= 11 is 0. The maximum absolute atomic E-state index is 13.7. The van der Waals surface area contributed by atoms with Crippen molar-refractivity contribution < 1.29 is 13.5 Å². The molecule has 0 saturated carbocycles. The molecule has 0 atom stereocenters. The van der Waals surface area contributed by atoms with Gasteiger partial charge in [-0.2, -0.15) is 0 Å². The van der Waals surface area contributed by atoms with Gasteiger partial charge in [0, 0.05) is 57.6 Å². The smallest absolute Gasteiger partial charge is 0.160 e. The highest BCUT2D eigenvalue weighted by Gasteiger charge is 2.19. The zero-order valence-electron chi connectivity index (χ0n) is 12.8. The lowest BCUT2D eigenvalue weighted by atomic mass is 10.1. The molecule has 2 fully saturated rings. The van der Waals surface area contributed by atoms with E-state index in [1.807, 2.05) is 0 Å². The van der Waals surface area contributed by atoms with E-state index in [4.69, 9.17) is 4.74 Å². The summed E-state index contributed by atoms with van der Waals surface area (Å²) in [4.78, 5) is 4.46. The summed E-state index contributed by atoms with van der Waals surface area (Å²) in [5.74, 6) is -1.53. The molecule has 1 aromatic rings. The molecule has 0 bridgehead atoms. The molecule has 0 aromatic heterocycles. The van der Waals surface area contributed by atoms with Crippen molar-refractivity contribution >= 4 is 5.69 Å². The second-order valence-electron chi connectivity index (χ2n) is 5.84. The normalized spacial score (nSPS) is 20.4. The number of ether oxygens (including phenoxy) is 1. The zero-order chi connectivity index (χ0) is 15.4. The Labute approximate surface area is 130 Å². The number of anilines is 1. The quantitative estimate of drug-likeness (QED) is 0.906. The Morgan fingerprint density at radius 1 is 1.00 bits per heavy atom. The van der Waals surface area contributed by atoms with Gasteiger partial charge in [0.05, 0.1) is 13.2 Å². The van der Waals surface area contributed by atoms with Gasteiger partial charge in [-0.05, 0) is 18.1 Å². The van der Waals surface area contributed by atoms with Gasteiger partial charge >= 0.3 is 0 Å². The molecule has 22 heavy (non-hydrogen) atoms. The lowest BCUT2D eigenvalue weighted by molar-refractivity contribution is 0.122. The minimum Gasteiger partial charge on any atom is -0.378 e. The maximum Gasteiger partial charge on any atom is 0.160 e. The summed E-state index contributed by atoms with van der Waals surface area (Å²) in [5.41, 5.74) is 1.71. The number of nitrogens with zero attached hydrogens (tertiary/aromatic N) is 2. The van der Waals surface area contributed by atoms with Gasteiger partial charge in [-0.15, -0.1) is 0 Å². The van der Waals surface area contributed by atoms with E-state index in [1.54, 1.807) is 0 Å². The fourth-order valence-corrected chi connectivity index (χ4v) is 3.09. The van der Waals surface area contributed by atoms with Gasteiger partial charge in [0.2, 0.25) is 0 Å². The Bertz CT molecular complexity index is 500. The first-order chi connectivity index (χ1) is 10.7. The van der Waals surface area contributed by atoms with Crippen molar-refractivity contribution in [1.82, 2.24) is 10.2 Å². The fraction of sp³-hybridized carbons (Fsp3) is 0.625. The number of hydrogen-bond acceptors (Lipinski definition) is 4. The third kappa shape index (κ3) is 3.74. The number of rotatable bonds is 4. The van der Waals surface area contributed by atoms with Crippen LogP contribution in [0.3, 0.4) is 0 Å². The molecule has 1 N–H and O–H groups in total. The summed E-state index contributed by atoms with van der Waals surface area (Å²) in [5, 5.41) is 3.32. The van der Waals surface area contributed by atoms with E-state index < -0.39 is 11.6 Å². The maximum atomic E-state index is 13.7. The van der Waals surface area contributed by atoms with E-state index in [2.05, 4.69) is 15.1 Å². The van der Waals surface area contributed by atoms with Crippen LogP contribution >= 0.6 is 0 Å². The summed E-state index contributed by atoms with van der Waals surface area (Å²) < 4.78 is 32.7. The van der Waals surface area contributed by atoms with E-state index in [-0.39, 0.29) is 0 Å². The highest BCUT2D eigenvalue weighted by molar-refractivity contribution is 5.54. The fourth-order valence-electron chi connectivity index (χ4n) is 3.09. The van der Waals surface area contributed by atoms with Crippen LogP contribution in [-0.4, -0.2) is 63.9 Å². The Hall–Kier alpha value is -1.24. The van der Waals surface area contributed by atoms with E-state index in [1.165, 1.54) is 12.1 Å². The molecule has 0 amide bonds. The second kappa shape index (κ2) is 7.35. The minimum atomic E-state index is -0.771. The molecule has 2 aliphatic rings. The molecule has 2 saturated heterocycles. The molecular weight excluding hydrogens is 288 g/mol. The van der Waals surface area contributed by atoms with Crippen LogP contribution in [0.15, 0.2) is 12.1 Å². The number of nitrogens with one attached hydrogen (secondary N) is 1. The van der Waals surface area contributed by atoms with Crippen molar-refractivity contribution in [3.8, 4) is 0 Å². The summed E-state index contributed by atoms with van der Waals surface area (Å²) in [6.07, 6.45) is 0.740. The SMILES string of the molecule is Fc1cc(CCN2CCNCC2)c(N2CCOCC2)cc1F. The Morgan fingerprint density at radius 3 is 2.41 bits per heavy atom. The predicted molar refractivity (Wildman–Crippen MR) is 82.4 cm³/mol. The largest absolute Gasteiger partial charge is 0.378 e. The molecule has 2 aliphatic heterocycles. The van der Waals surface area contributed by atoms with Gasteiger partial charge in [0.25, 0.3) is 0 Å². The molecule has 0 spiro atoms. The van der Waals surface area contributed by atoms with Gasteiger partial charge in [0.1, 0.15) is 0 Å². The van der Waals surface area contributed by atoms with Crippen molar-refractivity contribution in [3.05, 3.63) is 29.3 Å². The highest BCUT2D eigenvalue weighted by Crippen LogP contribution is 2.25. The average molecular weight is 311 g/mol. The van der Waals surface area contributed by atoms with Crippen LogP contribution in [0.4, 0.5) is 14.5 Å². The molecule has 3 rings (SSSR count). The van der Waals surface area contributed by atoms with E-state index in [9.17, 15) is 8.78 Å². The zero-order valence-corrected chi connectivity index (χ0v) is 12.8. The monoisotopic (exact) mass is 311 g/mol. The highest BCUT2D eigenvalue weighted by atomic mass is 19.2. The summed E-state index contributed by atoms with van der Waals surface area (Å²) in [6.45, 7) is 7.61. The number of benzene rings is 1. The molecule has 0 unspecified atom stereocenters. The van der Waals surface area contributed by atoms with Crippen molar-refractivity contribution in [3.63, 3.8) is 0 Å². The van der Waals surface area contributed by atoms with Gasteiger partial charge < -0.3 is 19.9 Å². The minimum absolute atomic E-state index is 0.635. The Morgan fingerprint density at radius 2 is 1.68 bits per heavy atom. The molecule has 6 heteroatoms. The van der Waals surface area contributed by atoms with Crippen LogP contribution in [0, 0.1) is 11.6 Å². The summed E-state index contributed by atoms with van der Waals surface area (Å²) in [6, 6.07) is 2.70. The first kappa shape index (κ1) is 15.6. The van der Waals surface area contributed by atoms with Gasteiger partial charge in [-0.1, -0.05) is 0 Å². The second-order valence-corrected chi connectivity index (χ2v) is 5.84. The first-order valence-corrected chi connectivity index (χ1v) is 7.98. The third-order valence-corrected chi connectivity index (χ3v) is 4.38. The van der Waals surface area contributed by atoms with Crippen LogP contribution in [0.1, 0.15) is 5.56 Å². The van der Waals surface area contributed by atoms with Crippen molar-refractivity contribution in [2.75, 3.05) is 63.9 Å². The number of morpholine rings is 1. The van der Waals surface area contributed by atoms with Gasteiger partial charge in [0.15, 0.2) is 11.6 Å². The molecule has 0 radical (unpaired) electrons. The lowest BCUT2D eigenvalue weighted by Gasteiger charge is -2.32. The van der Waals surface area contributed by atoms with Crippen LogP contribution in [0.5, 0.6) is 0 Å². The Kier molecular flexibility index (Phi) is 5.23. The van der Waals surface area contributed by atoms with E-state index >= 15 is 0 Å². The first-order valence-electron chi connectivity index (χ1n) is 7.98. The third-order valence-electron chi connectivity index (χ3n) is 4.38. The van der Waals surface area contributed by atoms with Crippen LogP contribution in [-0.2, 0) is 11.2 Å². The molecule has 2 heterocycles. The van der Waals surface area contributed by atoms with E-state index in [0.29, 0.717) is 13.2 Å². The molecule has 0 aliphatic carbocycles. The summed E-state index contributed by atoms with van der Waals surface area (Å²) in [7, 11) is 0. The number of hydrogen-bond donors (Lipinski definition) is 1. The average Bonchev–Trinajstić information content (AvgIpc) is 2.57. The Balaban J connectivity index is 1.73. The van der Waals surface area contributed by atoms with Crippen molar-refractivity contribution in [1.29, 1.82) is 0 Å². The molecule has 4 nitrogen and oxygen atoms in total. The van der Waals surface area contributed by atoms with Crippen molar-refractivity contribution in [2.45, 2.75) is 6.42 Å². The molecular formula is C16H23F2N3O. The van der Waals surface area contributed by atoms with Crippen LogP contribution in [0.2, 0.25) is 0 Å². The van der Waals surface area contributed by atoms with Gasteiger partial charge in [-0.3, -0.25) is 0 Å². The predicted octanol–water partition coefficient (Wildman–Crippen LogP) is 1.25. The lowest BCUT2D eigenvalue weighted by Crippen LogP contribution is -2.44. The standard InChI is InChI=1S/C16H23F2N3O/c17-14-11-13(1-4-20-5-2-19-3-6-20)16(12-15(14)18)21-7-9-22-10-8-21/h11-12,19H,1-10H2. The van der Waals surface area contributed by atoms with E-state index in [0.717, 1.165) is 63.5 Å². The number of halogens is 2.